The van der Waals surface area contributed by atoms with Gasteiger partial charge in [-0.05, 0) is 56.2 Å². The second-order valence-electron chi connectivity index (χ2n) is 10.7. The van der Waals surface area contributed by atoms with Crippen LogP contribution in [0.2, 0.25) is 0 Å². The van der Waals surface area contributed by atoms with E-state index in [-0.39, 0.29) is 17.1 Å². The summed E-state index contributed by atoms with van der Waals surface area (Å²) in [6.45, 7) is 9.44. The van der Waals surface area contributed by atoms with Crippen molar-refractivity contribution in [1.82, 2.24) is 4.98 Å². The van der Waals surface area contributed by atoms with E-state index in [1.165, 1.54) is 12.1 Å². The minimum atomic E-state index is -5.19. The van der Waals surface area contributed by atoms with Crippen LogP contribution in [0.3, 0.4) is 0 Å². The summed E-state index contributed by atoms with van der Waals surface area (Å²) in [6, 6.07) is 14.2. The second-order valence-corrected chi connectivity index (χ2v) is 10.7. The number of aliphatic carboxylic acids is 1. The van der Waals surface area contributed by atoms with Crippen LogP contribution in [0.1, 0.15) is 45.6 Å². The highest BCUT2D eigenvalue weighted by Crippen LogP contribution is 2.41. The maximum absolute atomic E-state index is 13.6. The van der Waals surface area contributed by atoms with Crippen molar-refractivity contribution in [2.75, 3.05) is 38.3 Å². The zero-order valence-electron chi connectivity index (χ0n) is 26.3. The SMILES string of the molecule is CCOc1cc(C[NH2+]CCC2(CC)CC(=O)N(c3ccc(OC)nc3)C2)cc(OCC)c1-c1ccc(F)cc1.O=C([O-])C(F)(F)F. The summed E-state index contributed by atoms with van der Waals surface area (Å²) < 4.78 is 62.3. The summed E-state index contributed by atoms with van der Waals surface area (Å²) in [4.78, 5) is 27.8. The molecule has 1 amide bonds. The Balaban J connectivity index is 0.000000738. The number of halogens is 4. The van der Waals surface area contributed by atoms with E-state index in [4.69, 9.17) is 24.1 Å². The molecule has 1 aromatic heterocycles. The van der Waals surface area contributed by atoms with Gasteiger partial charge >= 0.3 is 6.18 Å². The Morgan fingerprint density at radius 3 is 2.13 bits per heavy atom. The molecule has 9 nitrogen and oxygen atoms in total. The predicted octanol–water partition coefficient (Wildman–Crippen LogP) is 4.28. The molecule has 2 heterocycles. The molecule has 0 radical (unpaired) electrons. The highest BCUT2D eigenvalue weighted by Gasteiger charge is 2.42. The van der Waals surface area contributed by atoms with Gasteiger partial charge in [-0.1, -0.05) is 19.1 Å². The number of anilines is 1. The van der Waals surface area contributed by atoms with Crippen molar-refractivity contribution in [3.63, 3.8) is 0 Å². The van der Waals surface area contributed by atoms with Crippen molar-refractivity contribution in [1.29, 1.82) is 0 Å². The Morgan fingerprint density at radius 1 is 1.04 bits per heavy atom. The third-order valence-electron chi connectivity index (χ3n) is 7.66. The van der Waals surface area contributed by atoms with Crippen molar-refractivity contribution < 1.29 is 51.8 Å². The molecule has 2 N–H and O–H groups in total. The Kier molecular flexibility index (Phi) is 12.7. The van der Waals surface area contributed by atoms with Crippen LogP contribution < -0.4 is 29.5 Å². The molecule has 1 atom stereocenters. The molecule has 46 heavy (non-hydrogen) atoms. The number of benzene rings is 2. The first-order chi connectivity index (χ1) is 21.9. The van der Waals surface area contributed by atoms with E-state index in [1.807, 2.05) is 36.9 Å². The molecule has 0 aliphatic carbocycles. The molecule has 1 aliphatic heterocycles. The highest BCUT2D eigenvalue weighted by molar-refractivity contribution is 5.96. The summed E-state index contributed by atoms with van der Waals surface area (Å²) in [5, 5.41) is 11.1. The molecular weight excluding hydrogens is 610 g/mol. The number of hydrogen-bond acceptors (Lipinski definition) is 7. The number of hydrogen-bond donors (Lipinski definition) is 1. The molecule has 13 heteroatoms. The van der Waals surface area contributed by atoms with Gasteiger partial charge in [-0.25, -0.2) is 9.37 Å². The number of nitrogens with two attached hydrogens (primary N) is 1. The zero-order chi connectivity index (χ0) is 33.9. The molecule has 0 bridgehead atoms. The average molecular weight is 650 g/mol. The van der Waals surface area contributed by atoms with Gasteiger partial charge in [0.2, 0.25) is 11.8 Å². The minimum absolute atomic E-state index is 0.0626. The molecule has 1 unspecified atom stereocenters. The van der Waals surface area contributed by atoms with E-state index >= 15 is 0 Å². The fraction of sp³-hybridized carbons (Fsp3) is 0.424. The number of nitrogens with zero attached hydrogens (tertiary/aromatic N) is 2. The molecule has 2 aromatic carbocycles. The molecular formula is C33H39F4N3O6. The van der Waals surface area contributed by atoms with Crippen LogP contribution in [-0.4, -0.2) is 56.4 Å². The number of rotatable bonds is 13. The van der Waals surface area contributed by atoms with Gasteiger partial charge in [-0.2, -0.15) is 13.2 Å². The van der Waals surface area contributed by atoms with Crippen LogP contribution in [0, 0.1) is 11.2 Å². The maximum Gasteiger partial charge on any atom is 0.430 e. The Labute approximate surface area is 265 Å². The summed E-state index contributed by atoms with van der Waals surface area (Å²) in [5.41, 5.74) is 3.53. The van der Waals surface area contributed by atoms with Gasteiger partial charge in [0.1, 0.15) is 29.8 Å². The number of carbonyl (C=O) groups is 2. The van der Waals surface area contributed by atoms with Crippen LogP contribution in [-0.2, 0) is 16.1 Å². The topological polar surface area (TPSA) is 118 Å². The lowest BCUT2D eigenvalue weighted by Gasteiger charge is -2.26. The summed E-state index contributed by atoms with van der Waals surface area (Å²) in [6.07, 6.45) is -1.09. The van der Waals surface area contributed by atoms with Gasteiger partial charge in [-0.15, -0.1) is 0 Å². The van der Waals surface area contributed by atoms with Crippen molar-refractivity contribution >= 4 is 17.6 Å². The summed E-state index contributed by atoms with van der Waals surface area (Å²) in [5.74, 6) is -1.15. The summed E-state index contributed by atoms with van der Waals surface area (Å²) in [7, 11) is 1.58. The zero-order valence-corrected chi connectivity index (χ0v) is 26.3. The number of pyridine rings is 1. The van der Waals surface area contributed by atoms with Crippen molar-refractivity contribution in [3.05, 3.63) is 66.1 Å². The third-order valence-corrected chi connectivity index (χ3v) is 7.66. The Bertz CT molecular complexity index is 1420. The van der Waals surface area contributed by atoms with E-state index in [2.05, 4.69) is 17.2 Å². The largest absolute Gasteiger partial charge is 0.542 e. The van der Waals surface area contributed by atoms with Gasteiger partial charge in [0.05, 0.1) is 44.3 Å². The number of methoxy groups -OCH3 is 1. The van der Waals surface area contributed by atoms with Gasteiger partial charge in [0, 0.05) is 36.4 Å². The van der Waals surface area contributed by atoms with Crippen molar-refractivity contribution in [2.24, 2.45) is 5.41 Å². The highest BCUT2D eigenvalue weighted by atomic mass is 19.4. The van der Waals surface area contributed by atoms with E-state index in [9.17, 15) is 22.4 Å². The number of ether oxygens (including phenoxy) is 3. The first kappa shape index (κ1) is 36.1. The molecule has 250 valence electrons. The number of quaternary nitrogens is 1. The van der Waals surface area contributed by atoms with E-state index in [1.54, 1.807) is 31.5 Å². The van der Waals surface area contributed by atoms with Gasteiger partial charge in [-0.3, -0.25) is 4.79 Å². The average Bonchev–Trinajstić information content (AvgIpc) is 3.36. The number of amides is 1. The van der Waals surface area contributed by atoms with Crippen LogP contribution >= 0.6 is 0 Å². The normalized spacial score (nSPS) is 16.1. The molecule has 0 saturated carbocycles. The molecule has 1 saturated heterocycles. The lowest BCUT2D eigenvalue weighted by Crippen LogP contribution is -2.83. The lowest BCUT2D eigenvalue weighted by molar-refractivity contribution is -0.672. The Hall–Kier alpha value is -4.39. The van der Waals surface area contributed by atoms with E-state index in [0.29, 0.717) is 32.1 Å². The molecule has 3 aromatic rings. The monoisotopic (exact) mass is 649 g/mol. The third kappa shape index (κ3) is 9.56. The fourth-order valence-corrected chi connectivity index (χ4v) is 5.24. The van der Waals surface area contributed by atoms with E-state index < -0.39 is 12.1 Å². The smallest absolute Gasteiger partial charge is 0.430 e. The first-order valence-electron chi connectivity index (χ1n) is 14.9. The number of carboxylic acids is 1. The predicted molar refractivity (Wildman–Crippen MR) is 161 cm³/mol. The standard InChI is InChI=1S/C31H38FN3O4.C2HF3O2/c1-5-31(18-29(36)35(21-31)25-12-13-28(37-4)34-20-25)14-15-33-19-22-16-26(38-6-2)30(27(17-22)39-7-3)23-8-10-24(32)11-9-23;3-2(4,5)1(6)7/h8-13,16-17,20,33H,5-7,14-15,18-19,21H2,1-4H3;(H,6,7). The van der Waals surface area contributed by atoms with E-state index in [0.717, 1.165) is 59.8 Å². The van der Waals surface area contributed by atoms with Gasteiger partial charge in [0.15, 0.2) is 0 Å². The quantitative estimate of drug-likeness (QED) is 0.217. The molecule has 1 aliphatic rings. The number of alkyl halides is 3. The van der Waals surface area contributed by atoms with Gasteiger partial charge in [0.25, 0.3) is 0 Å². The van der Waals surface area contributed by atoms with Crippen LogP contribution in [0.25, 0.3) is 11.1 Å². The van der Waals surface area contributed by atoms with Crippen LogP contribution in [0.4, 0.5) is 23.2 Å². The first-order valence-corrected chi connectivity index (χ1v) is 14.9. The van der Waals surface area contributed by atoms with Crippen molar-refractivity contribution in [3.8, 4) is 28.5 Å². The fourth-order valence-electron chi connectivity index (χ4n) is 5.24. The number of aromatic nitrogens is 1. The van der Waals surface area contributed by atoms with Crippen LogP contribution in [0.5, 0.6) is 17.4 Å². The van der Waals surface area contributed by atoms with Crippen LogP contribution in [0.15, 0.2) is 54.7 Å². The molecule has 4 rings (SSSR count). The Morgan fingerprint density at radius 2 is 1.65 bits per heavy atom. The summed E-state index contributed by atoms with van der Waals surface area (Å²) >= 11 is 0. The lowest BCUT2D eigenvalue weighted by atomic mass is 9.81. The second kappa shape index (κ2) is 16.3. The van der Waals surface area contributed by atoms with Gasteiger partial charge < -0.3 is 34.3 Å². The molecule has 1 fully saturated rings. The number of carbonyl (C=O) groups excluding carboxylic acids is 2. The maximum atomic E-state index is 13.6. The van der Waals surface area contributed by atoms with Crippen molar-refractivity contribution in [2.45, 2.75) is 52.8 Å². The number of carboxylic acid groups (broad SMARTS) is 1. The molecule has 0 spiro atoms. The minimum Gasteiger partial charge on any atom is -0.542 e.